The molecule has 3 aromatic rings. The first-order valence-corrected chi connectivity index (χ1v) is 13.0. The number of hydrogen-bond donors (Lipinski definition) is 2. The van der Waals surface area contributed by atoms with Crippen molar-refractivity contribution in [3.8, 4) is 5.88 Å². The number of aromatic nitrogens is 2. The highest BCUT2D eigenvalue weighted by Crippen LogP contribution is 2.46. The van der Waals surface area contributed by atoms with Gasteiger partial charge in [0.2, 0.25) is 5.88 Å². The van der Waals surface area contributed by atoms with E-state index in [2.05, 4.69) is 34.1 Å². The number of anilines is 1. The van der Waals surface area contributed by atoms with Crippen LogP contribution in [0.25, 0.3) is 0 Å². The number of rotatable bonds is 4. The van der Waals surface area contributed by atoms with Gasteiger partial charge in [-0.15, -0.1) is 11.8 Å². The number of aromatic amines is 1. The number of nitrogens with zero attached hydrogens (tertiary/aromatic N) is 3. The minimum absolute atomic E-state index is 0.0116. The number of hydrogen-bond acceptors (Lipinski definition) is 6. The second-order valence-corrected chi connectivity index (χ2v) is 10.7. The number of aliphatic imine (C=N–C) groups is 1. The summed E-state index contributed by atoms with van der Waals surface area (Å²) < 4.78 is 1.38. The highest BCUT2D eigenvalue weighted by atomic mass is 32.2. The van der Waals surface area contributed by atoms with E-state index >= 15 is 0 Å². The maximum absolute atomic E-state index is 13.1. The fraction of sp³-hybridized carbons (Fsp3) is 0.370. The van der Waals surface area contributed by atoms with Gasteiger partial charge in [0.1, 0.15) is 5.56 Å². The number of para-hydroxylation sites is 1. The van der Waals surface area contributed by atoms with Crippen LogP contribution in [0.4, 0.5) is 11.4 Å². The Morgan fingerprint density at radius 1 is 1.03 bits per heavy atom. The van der Waals surface area contributed by atoms with Gasteiger partial charge >= 0.3 is 5.69 Å². The highest BCUT2D eigenvalue weighted by molar-refractivity contribution is 7.99. The third kappa shape index (κ3) is 4.67. The Labute approximate surface area is 208 Å². The first-order chi connectivity index (χ1) is 16.9. The van der Waals surface area contributed by atoms with Crippen LogP contribution in [0.3, 0.4) is 0 Å². The fourth-order valence-corrected chi connectivity index (χ4v) is 6.25. The van der Waals surface area contributed by atoms with Crippen LogP contribution >= 0.6 is 11.8 Å². The molecule has 2 aromatic carbocycles. The van der Waals surface area contributed by atoms with Crippen LogP contribution in [-0.4, -0.2) is 34.5 Å². The maximum Gasteiger partial charge on any atom is 0.331 e. The van der Waals surface area contributed by atoms with Gasteiger partial charge in [-0.3, -0.25) is 19.3 Å². The van der Waals surface area contributed by atoms with Crippen molar-refractivity contribution in [2.24, 2.45) is 4.99 Å². The molecule has 0 saturated heterocycles. The van der Waals surface area contributed by atoms with E-state index in [0.717, 1.165) is 53.9 Å². The molecule has 5 rings (SSSR count). The Morgan fingerprint density at radius 2 is 1.74 bits per heavy atom. The first-order valence-electron chi connectivity index (χ1n) is 12.1. The molecular formula is C27H30N4O3S. The molecule has 0 amide bonds. The Bertz CT molecular complexity index is 1370. The van der Waals surface area contributed by atoms with Gasteiger partial charge in [-0.1, -0.05) is 43.5 Å². The highest BCUT2D eigenvalue weighted by Gasteiger charge is 2.29. The largest absolute Gasteiger partial charge is 0.494 e. The predicted molar refractivity (Wildman–Crippen MR) is 142 cm³/mol. The molecule has 1 aliphatic carbocycles. The van der Waals surface area contributed by atoms with Crippen molar-refractivity contribution in [1.82, 2.24) is 9.55 Å². The lowest BCUT2D eigenvalue weighted by Crippen LogP contribution is -2.36. The second kappa shape index (κ2) is 9.77. The molecule has 0 bridgehead atoms. The van der Waals surface area contributed by atoms with Crippen LogP contribution in [0.1, 0.15) is 60.9 Å². The summed E-state index contributed by atoms with van der Waals surface area (Å²) in [4.78, 5) is 36.2. The quantitative estimate of drug-likeness (QED) is 0.526. The number of nitrogens with one attached hydrogen (secondary N) is 1. The zero-order chi connectivity index (χ0) is 24.5. The summed E-state index contributed by atoms with van der Waals surface area (Å²) >= 11 is 1.70. The van der Waals surface area contributed by atoms with Gasteiger partial charge in [0.15, 0.2) is 0 Å². The molecule has 35 heavy (non-hydrogen) atoms. The van der Waals surface area contributed by atoms with Gasteiger partial charge < -0.3 is 10.0 Å². The van der Waals surface area contributed by atoms with Crippen molar-refractivity contribution in [2.75, 3.05) is 19.0 Å². The lowest BCUT2D eigenvalue weighted by atomic mass is 9.95. The predicted octanol–water partition coefficient (Wildman–Crippen LogP) is 5.17. The molecule has 1 fully saturated rings. The minimum Gasteiger partial charge on any atom is -0.494 e. The molecular weight excluding hydrogens is 460 g/mol. The second-order valence-electron chi connectivity index (χ2n) is 9.44. The van der Waals surface area contributed by atoms with Crippen molar-refractivity contribution < 1.29 is 5.11 Å². The molecule has 0 radical (unpaired) electrons. The Balaban J connectivity index is 1.62. The minimum atomic E-state index is -0.593. The molecule has 1 aromatic heterocycles. The van der Waals surface area contributed by atoms with E-state index in [4.69, 9.17) is 4.99 Å². The standard InChI is InChI=1S/C27H30N4O3S/c1-30(2)18-14-12-17(13-15-18)23-16-21(28-20-10-6-7-11-22(20)35-23)24-25(32)29-27(34)31(26(24)33)19-8-4-3-5-9-19/h6-7,10-15,19,23,33H,3-5,8-9,16H2,1-2H3,(H,29,32,34)/t23-/m1/s1. The van der Waals surface area contributed by atoms with E-state index in [9.17, 15) is 14.7 Å². The summed E-state index contributed by atoms with van der Waals surface area (Å²) in [5, 5.41) is 11.3. The lowest BCUT2D eigenvalue weighted by molar-refractivity contribution is 0.298. The Kier molecular flexibility index (Phi) is 6.56. The molecule has 1 aliphatic heterocycles. The van der Waals surface area contributed by atoms with Crippen molar-refractivity contribution in [1.29, 1.82) is 0 Å². The molecule has 2 heterocycles. The van der Waals surface area contributed by atoms with E-state index in [1.807, 2.05) is 38.4 Å². The summed E-state index contributed by atoms with van der Waals surface area (Å²) in [6.07, 6.45) is 5.19. The molecule has 0 spiro atoms. The van der Waals surface area contributed by atoms with Gasteiger partial charge in [0.05, 0.1) is 11.4 Å². The molecule has 7 nitrogen and oxygen atoms in total. The lowest BCUT2D eigenvalue weighted by Gasteiger charge is -2.25. The molecule has 0 unspecified atom stereocenters. The van der Waals surface area contributed by atoms with Crippen LogP contribution < -0.4 is 16.1 Å². The topological polar surface area (TPSA) is 90.7 Å². The van der Waals surface area contributed by atoms with Gasteiger partial charge in [-0.2, -0.15) is 0 Å². The van der Waals surface area contributed by atoms with Crippen LogP contribution in [0.2, 0.25) is 0 Å². The fourth-order valence-electron chi connectivity index (χ4n) is 5.02. The normalized spacial score (nSPS) is 18.5. The summed E-state index contributed by atoms with van der Waals surface area (Å²) in [5.74, 6) is -0.268. The smallest absolute Gasteiger partial charge is 0.331 e. The number of aromatic hydroxyl groups is 1. The number of thioether (sulfide) groups is 1. The van der Waals surface area contributed by atoms with Crippen LogP contribution in [-0.2, 0) is 0 Å². The number of H-pyrrole nitrogens is 1. The van der Waals surface area contributed by atoms with Crippen LogP contribution in [0.15, 0.2) is 68.0 Å². The molecule has 2 aliphatic rings. The van der Waals surface area contributed by atoms with E-state index in [1.165, 1.54) is 4.57 Å². The van der Waals surface area contributed by atoms with E-state index in [-0.39, 0.29) is 22.7 Å². The monoisotopic (exact) mass is 490 g/mol. The molecule has 2 N–H and O–H groups in total. The summed E-state index contributed by atoms with van der Waals surface area (Å²) in [7, 11) is 4.01. The summed E-state index contributed by atoms with van der Waals surface area (Å²) in [6, 6.07) is 16.1. The van der Waals surface area contributed by atoms with E-state index in [1.54, 1.807) is 11.8 Å². The Morgan fingerprint density at radius 3 is 2.46 bits per heavy atom. The summed E-state index contributed by atoms with van der Waals surface area (Å²) in [6.45, 7) is 0. The van der Waals surface area contributed by atoms with Gasteiger partial charge in [0.25, 0.3) is 5.56 Å². The van der Waals surface area contributed by atoms with Crippen LogP contribution in [0, 0.1) is 0 Å². The average Bonchev–Trinajstić information content (AvgIpc) is 3.04. The average molecular weight is 491 g/mol. The van der Waals surface area contributed by atoms with Crippen LogP contribution in [0.5, 0.6) is 5.88 Å². The third-order valence-electron chi connectivity index (χ3n) is 6.90. The SMILES string of the molecule is CN(C)c1ccc([C@H]2CC(c3c(O)n(C4CCCCC4)c(=O)[nH]c3=O)=Nc3ccccc3S2)cc1. The molecule has 1 saturated carbocycles. The Hall–Kier alpha value is -3.26. The van der Waals surface area contributed by atoms with Crippen molar-refractivity contribution in [2.45, 2.75) is 54.7 Å². The van der Waals surface area contributed by atoms with Gasteiger partial charge in [-0.25, -0.2) is 4.79 Å². The van der Waals surface area contributed by atoms with Crippen molar-refractivity contribution >= 4 is 28.8 Å². The number of fused-ring (bicyclic) bond motifs is 1. The maximum atomic E-state index is 13.1. The molecule has 182 valence electrons. The van der Waals surface area contributed by atoms with Gasteiger partial charge in [-0.05, 0) is 42.7 Å². The molecule has 1 atom stereocenters. The first kappa shape index (κ1) is 23.5. The van der Waals surface area contributed by atoms with Gasteiger partial charge in [0, 0.05) is 42.4 Å². The van der Waals surface area contributed by atoms with Crippen molar-refractivity contribution in [3.63, 3.8) is 0 Å². The number of benzene rings is 2. The summed E-state index contributed by atoms with van der Waals surface area (Å²) in [5.41, 5.74) is 2.42. The van der Waals surface area contributed by atoms with E-state index in [0.29, 0.717) is 12.1 Å². The third-order valence-corrected chi connectivity index (χ3v) is 8.22. The zero-order valence-corrected chi connectivity index (χ0v) is 20.8. The molecule has 8 heteroatoms. The van der Waals surface area contributed by atoms with E-state index < -0.39 is 11.2 Å². The zero-order valence-electron chi connectivity index (χ0n) is 20.0. The van der Waals surface area contributed by atoms with Crippen molar-refractivity contribution in [3.05, 3.63) is 80.5 Å².